The second-order valence-corrected chi connectivity index (χ2v) is 6.08. The largest absolute Gasteiger partial charge is 0.493 e. The fourth-order valence-corrected chi connectivity index (χ4v) is 3.86. The Labute approximate surface area is 125 Å². The monoisotopic (exact) mass is 289 g/mol. The van der Waals surface area contributed by atoms with E-state index in [1.165, 1.54) is 5.56 Å². The van der Waals surface area contributed by atoms with Crippen molar-refractivity contribution in [1.29, 1.82) is 0 Å². The molecule has 1 fully saturated rings. The molecule has 1 aromatic rings. The summed E-state index contributed by atoms with van der Waals surface area (Å²) in [6.07, 6.45) is 2.70. The summed E-state index contributed by atoms with van der Waals surface area (Å²) in [7, 11) is 0. The van der Waals surface area contributed by atoms with E-state index in [9.17, 15) is 9.90 Å². The van der Waals surface area contributed by atoms with Crippen molar-refractivity contribution < 1.29 is 14.6 Å². The summed E-state index contributed by atoms with van der Waals surface area (Å²) in [5.41, 5.74) is 1.28. The third kappa shape index (κ3) is 2.77. The maximum absolute atomic E-state index is 11.4. The molecule has 0 amide bonds. The van der Waals surface area contributed by atoms with Crippen LogP contribution in [0.1, 0.15) is 37.7 Å². The SMILES string of the molecule is CCC1C(C(=O)O)CCN1CC1CCOc2ccccc21. The maximum Gasteiger partial charge on any atom is 0.308 e. The van der Waals surface area contributed by atoms with Gasteiger partial charge in [0.05, 0.1) is 12.5 Å². The van der Waals surface area contributed by atoms with Crippen LogP contribution in [0, 0.1) is 5.92 Å². The second-order valence-electron chi connectivity index (χ2n) is 6.08. The number of carboxylic acid groups (broad SMARTS) is 1. The van der Waals surface area contributed by atoms with E-state index >= 15 is 0 Å². The van der Waals surface area contributed by atoms with Crippen molar-refractivity contribution in [2.75, 3.05) is 19.7 Å². The number of hydrogen-bond acceptors (Lipinski definition) is 3. The zero-order chi connectivity index (χ0) is 14.8. The lowest BCUT2D eigenvalue weighted by atomic mass is 9.91. The Morgan fingerprint density at radius 3 is 2.95 bits per heavy atom. The van der Waals surface area contributed by atoms with Crippen LogP contribution in [0.5, 0.6) is 5.75 Å². The lowest BCUT2D eigenvalue weighted by Gasteiger charge is -2.32. The van der Waals surface area contributed by atoms with Gasteiger partial charge in [0.1, 0.15) is 5.75 Å². The number of nitrogens with zero attached hydrogens (tertiary/aromatic N) is 1. The molecule has 0 saturated carbocycles. The van der Waals surface area contributed by atoms with Crippen molar-refractivity contribution in [2.24, 2.45) is 5.92 Å². The smallest absolute Gasteiger partial charge is 0.308 e. The Hall–Kier alpha value is -1.55. The summed E-state index contributed by atoms with van der Waals surface area (Å²) >= 11 is 0. The van der Waals surface area contributed by atoms with Gasteiger partial charge in [-0.05, 0) is 37.4 Å². The van der Waals surface area contributed by atoms with E-state index in [1.807, 2.05) is 12.1 Å². The molecule has 114 valence electrons. The minimum atomic E-state index is -0.642. The van der Waals surface area contributed by atoms with Gasteiger partial charge >= 0.3 is 5.97 Å². The van der Waals surface area contributed by atoms with Crippen LogP contribution < -0.4 is 4.74 Å². The van der Waals surface area contributed by atoms with Crippen molar-refractivity contribution in [2.45, 2.75) is 38.1 Å². The minimum absolute atomic E-state index is 0.178. The van der Waals surface area contributed by atoms with Gasteiger partial charge in [-0.25, -0.2) is 0 Å². The van der Waals surface area contributed by atoms with E-state index in [1.54, 1.807) is 0 Å². The second kappa shape index (κ2) is 6.06. The number of fused-ring (bicyclic) bond motifs is 1. The molecule has 3 rings (SSSR count). The highest BCUT2D eigenvalue weighted by Gasteiger charge is 2.38. The number of benzene rings is 1. The number of hydrogen-bond donors (Lipinski definition) is 1. The molecule has 0 bridgehead atoms. The maximum atomic E-state index is 11.4. The topological polar surface area (TPSA) is 49.8 Å². The molecule has 0 spiro atoms. The summed E-state index contributed by atoms with van der Waals surface area (Å²) in [4.78, 5) is 13.7. The van der Waals surface area contributed by atoms with E-state index in [-0.39, 0.29) is 12.0 Å². The molecule has 2 heterocycles. The molecule has 1 aromatic carbocycles. The van der Waals surface area contributed by atoms with Crippen molar-refractivity contribution in [3.8, 4) is 5.75 Å². The van der Waals surface area contributed by atoms with Crippen molar-refractivity contribution in [3.05, 3.63) is 29.8 Å². The Morgan fingerprint density at radius 1 is 1.38 bits per heavy atom. The van der Waals surface area contributed by atoms with E-state index in [4.69, 9.17) is 4.74 Å². The summed E-state index contributed by atoms with van der Waals surface area (Å²) in [6.45, 7) is 4.70. The van der Waals surface area contributed by atoms with E-state index in [2.05, 4.69) is 24.0 Å². The Bertz CT molecular complexity index is 517. The number of likely N-dealkylation sites (tertiary alicyclic amines) is 1. The summed E-state index contributed by atoms with van der Waals surface area (Å²) in [5, 5.41) is 9.35. The van der Waals surface area contributed by atoms with Crippen LogP contribution in [0.4, 0.5) is 0 Å². The zero-order valence-electron chi connectivity index (χ0n) is 12.5. The fourth-order valence-electron chi connectivity index (χ4n) is 3.86. The van der Waals surface area contributed by atoms with E-state index < -0.39 is 5.97 Å². The first-order valence-corrected chi connectivity index (χ1v) is 7.89. The predicted octanol–water partition coefficient (Wildman–Crippen LogP) is 2.74. The molecule has 2 aliphatic heterocycles. The van der Waals surface area contributed by atoms with Gasteiger partial charge in [0, 0.05) is 18.5 Å². The Balaban J connectivity index is 1.74. The van der Waals surface area contributed by atoms with Gasteiger partial charge in [0.15, 0.2) is 0 Å². The zero-order valence-corrected chi connectivity index (χ0v) is 12.5. The van der Waals surface area contributed by atoms with Crippen LogP contribution in [0.25, 0.3) is 0 Å². The molecule has 21 heavy (non-hydrogen) atoms. The molecule has 4 nitrogen and oxygen atoms in total. The molecule has 0 radical (unpaired) electrons. The molecule has 1 N–H and O–H groups in total. The molecule has 0 aromatic heterocycles. The number of carboxylic acids is 1. The van der Waals surface area contributed by atoms with Crippen LogP contribution in [0.15, 0.2) is 24.3 Å². The summed E-state index contributed by atoms with van der Waals surface area (Å²) in [6, 6.07) is 8.42. The van der Waals surface area contributed by atoms with Gasteiger partial charge in [-0.15, -0.1) is 0 Å². The highest BCUT2D eigenvalue weighted by atomic mass is 16.5. The first kappa shape index (κ1) is 14.4. The van der Waals surface area contributed by atoms with Gasteiger partial charge in [-0.1, -0.05) is 25.1 Å². The average molecular weight is 289 g/mol. The molecule has 2 aliphatic rings. The molecule has 1 saturated heterocycles. The number of para-hydroxylation sites is 1. The van der Waals surface area contributed by atoms with Crippen molar-refractivity contribution >= 4 is 5.97 Å². The van der Waals surface area contributed by atoms with Gasteiger partial charge in [-0.3, -0.25) is 9.69 Å². The lowest BCUT2D eigenvalue weighted by Crippen LogP contribution is -2.38. The van der Waals surface area contributed by atoms with Crippen molar-refractivity contribution in [3.63, 3.8) is 0 Å². The Kier molecular flexibility index (Phi) is 4.15. The molecular formula is C17H23NO3. The van der Waals surface area contributed by atoms with E-state index in [0.717, 1.165) is 44.7 Å². The van der Waals surface area contributed by atoms with Gasteiger partial charge in [0.2, 0.25) is 0 Å². The minimum Gasteiger partial charge on any atom is -0.493 e. The Morgan fingerprint density at radius 2 is 2.19 bits per heavy atom. The number of carbonyl (C=O) groups is 1. The molecule has 3 atom stereocenters. The van der Waals surface area contributed by atoms with Gasteiger partial charge in [-0.2, -0.15) is 0 Å². The van der Waals surface area contributed by atoms with Crippen LogP contribution >= 0.6 is 0 Å². The number of ether oxygens (including phenoxy) is 1. The van der Waals surface area contributed by atoms with Crippen molar-refractivity contribution in [1.82, 2.24) is 4.90 Å². The van der Waals surface area contributed by atoms with Crippen LogP contribution in [0.3, 0.4) is 0 Å². The molecule has 4 heteroatoms. The molecular weight excluding hydrogens is 266 g/mol. The fraction of sp³-hybridized carbons (Fsp3) is 0.588. The first-order chi connectivity index (χ1) is 10.2. The summed E-state index contributed by atoms with van der Waals surface area (Å²) in [5.74, 6) is 0.606. The molecule has 3 unspecified atom stereocenters. The van der Waals surface area contributed by atoms with E-state index in [0.29, 0.717) is 5.92 Å². The highest BCUT2D eigenvalue weighted by Crippen LogP contribution is 2.36. The average Bonchev–Trinajstić information content (AvgIpc) is 2.90. The first-order valence-electron chi connectivity index (χ1n) is 7.89. The molecule has 0 aliphatic carbocycles. The van der Waals surface area contributed by atoms with Gasteiger partial charge < -0.3 is 9.84 Å². The summed E-state index contributed by atoms with van der Waals surface area (Å²) < 4.78 is 5.72. The normalized spacial score (nSPS) is 28.9. The van der Waals surface area contributed by atoms with Gasteiger partial charge in [0.25, 0.3) is 0 Å². The predicted molar refractivity (Wildman–Crippen MR) is 80.7 cm³/mol. The highest BCUT2D eigenvalue weighted by molar-refractivity contribution is 5.71. The lowest BCUT2D eigenvalue weighted by molar-refractivity contribution is -0.142. The third-order valence-electron chi connectivity index (χ3n) is 4.93. The number of rotatable bonds is 4. The third-order valence-corrected chi connectivity index (χ3v) is 4.93. The van der Waals surface area contributed by atoms with Crippen LogP contribution in [-0.4, -0.2) is 41.7 Å². The van der Waals surface area contributed by atoms with Crippen LogP contribution in [0.2, 0.25) is 0 Å². The quantitative estimate of drug-likeness (QED) is 0.926. The number of aliphatic carboxylic acids is 1. The van der Waals surface area contributed by atoms with Crippen LogP contribution in [-0.2, 0) is 4.79 Å². The standard InChI is InChI=1S/C17H23NO3/c1-2-15-14(17(19)20)7-9-18(15)11-12-8-10-21-16-6-4-3-5-13(12)16/h3-6,12,14-15H,2,7-11H2,1H3,(H,19,20).